The van der Waals surface area contributed by atoms with Crippen molar-refractivity contribution in [3.63, 3.8) is 0 Å². The maximum Gasteiger partial charge on any atom is 0.243 e. The van der Waals surface area contributed by atoms with Crippen LogP contribution in [0.5, 0.6) is 5.75 Å². The summed E-state index contributed by atoms with van der Waals surface area (Å²) in [6.45, 7) is 9.63. The first kappa shape index (κ1) is 28.2. The van der Waals surface area contributed by atoms with Crippen molar-refractivity contribution in [1.29, 1.82) is 5.26 Å². The quantitative estimate of drug-likeness (QED) is 0.340. The molecular weight excluding hydrogens is 510 g/mol. The van der Waals surface area contributed by atoms with Gasteiger partial charge in [0.15, 0.2) is 0 Å². The molecule has 0 bridgehead atoms. The van der Waals surface area contributed by atoms with Gasteiger partial charge in [0.25, 0.3) is 0 Å². The fourth-order valence-corrected chi connectivity index (χ4v) is 6.65. The van der Waals surface area contributed by atoms with Crippen molar-refractivity contribution in [1.82, 2.24) is 4.31 Å². The molecule has 3 aromatic rings. The van der Waals surface area contributed by atoms with Crippen molar-refractivity contribution in [3.05, 3.63) is 101 Å². The summed E-state index contributed by atoms with van der Waals surface area (Å²) in [6.07, 6.45) is 1.21. The predicted molar refractivity (Wildman–Crippen MR) is 153 cm³/mol. The highest BCUT2D eigenvalue weighted by Gasteiger charge is 2.36. The zero-order chi connectivity index (χ0) is 28.2. The van der Waals surface area contributed by atoms with Crippen LogP contribution in [-0.4, -0.2) is 42.8 Å². The molecule has 202 valence electrons. The number of ether oxygens (including phenoxy) is 1. The molecule has 4 rings (SSSR count). The third kappa shape index (κ3) is 5.96. The number of hydrogen-bond donors (Lipinski definition) is 1. The Balaban J connectivity index is 1.65. The van der Waals surface area contributed by atoms with Gasteiger partial charge in [-0.3, -0.25) is 4.99 Å². The van der Waals surface area contributed by atoms with Crippen LogP contribution in [0.2, 0.25) is 0 Å². The molecule has 0 heterocycles. The maximum atomic E-state index is 13.5. The van der Waals surface area contributed by atoms with Gasteiger partial charge in [0, 0.05) is 17.8 Å². The van der Waals surface area contributed by atoms with Gasteiger partial charge in [0.05, 0.1) is 34.9 Å². The van der Waals surface area contributed by atoms with E-state index in [-0.39, 0.29) is 24.2 Å². The van der Waals surface area contributed by atoms with Gasteiger partial charge in [-0.15, -0.1) is 0 Å². The third-order valence-electron chi connectivity index (χ3n) is 6.75. The van der Waals surface area contributed by atoms with Gasteiger partial charge >= 0.3 is 0 Å². The summed E-state index contributed by atoms with van der Waals surface area (Å²) >= 11 is 0. The van der Waals surface area contributed by atoms with Gasteiger partial charge in [-0.25, -0.2) is 8.42 Å². The Kier molecular flexibility index (Phi) is 8.66. The molecular formula is C31H33N3O4S. The number of aliphatic hydroxyl groups excluding tert-OH is 1. The monoisotopic (exact) mass is 543 g/mol. The Bertz CT molecular complexity index is 1540. The third-order valence-corrected chi connectivity index (χ3v) is 8.67. The summed E-state index contributed by atoms with van der Waals surface area (Å²) in [6, 6.07) is 21.3. The number of nitriles is 1. The molecule has 1 unspecified atom stereocenters. The van der Waals surface area contributed by atoms with E-state index in [4.69, 9.17) is 9.73 Å². The molecule has 8 heteroatoms. The summed E-state index contributed by atoms with van der Waals surface area (Å²) in [7, 11) is -3.81. The molecule has 1 aliphatic carbocycles. The standard InChI is InChI=1S/C31H33N3O4S/c1-21(2)38-31-16-13-24(19-25(31)20-32)22(3)33-23(4)27-11-8-12-29-28(27)14-15-30(29)34(17-18-35)39(36,37)26-9-6-5-7-10-26/h5-13,16,19,21,30,35H,4,14-15,17-18H2,1-3H3. The van der Waals surface area contributed by atoms with E-state index < -0.39 is 16.1 Å². The lowest BCUT2D eigenvalue weighted by Gasteiger charge is -2.28. The molecule has 0 saturated heterocycles. The summed E-state index contributed by atoms with van der Waals surface area (Å²) in [5.74, 6) is 0.535. The van der Waals surface area contributed by atoms with E-state index in [1.165, 1.54) is 4.31 Å². The average molecular weight is 544 g/mol. The Morgan fingerprint density at radius 1 is 1.18 bits per heavy atom. The first-order valence-corrected chi connectivity index (χ1v) is 14.4. The molecule has 7 nitrogen and oxygen atoms in total. The lowest BCUT2D eigenvalue weighted by Crippen LogP contribution is -2.36. The summed E-state index contributed by atoms with van der Waals surface area (Å²) in [4.78, 5) is 4.97. The largest absolute Gasteiger partial charge is 0.490 e. The van der Waals surface area contributed by atoms with Crippen LogP contribution in [0, 0.1) is 11.3 Å². The lowest BCUT2D eigenvalue weighted by atomic mass is 10.00. The van der Waals surface area contributed by atoms with Crippen molar-refractivity contribution in [2.75, 3.05) is 13.2 Å². The summed E-state index contributed by atoms with van der Waals surface area (Å²) in [5, 5.41) is 19.3. The van der Waals surface area contributed by atoms with E-state index in [0.717, 1.165) is 22.3 Å². The number of sulfonamides is 1. The number of nitrogens with zero attached hydrogens (tertiary/aromatic N) is 3. The second-order valence-corrected chi connectivity index (χ2v) is 11.6. The van der Waals surface area contributed by atoms with Crippen LogP contribution in [0.3, 0.4) is 0 Å². The SMILES string of the molecule is C=C(N=C(C)c1ccc(OC(C)C)c(C#N)c1)c1cccc2c1CCC2N(CCO)S(=O)(=O)c1ccccc1. The molecule has 0 spiro atoms. The number of benzene rings is 3. The molecule has 3 aromatic carbocycles. The molecule has 1 atom stereocenters. The molecule has 0 saturated carbocycles. The number of aliphatic hydroxyl groups is 1. The molecule has 0 fully saturated rings. The van der Waals surface area contributed by atoms with Gasteiger partial charge in [0.2, 0.25) is 10.0 Å². The van der Waals surface area contributed by atoms with Gasteiger partial charge < -0.3 is 9.84 Å². The van der Waals surface area contributed by atoms with Gasteiger partial charge in [-0.2, -0.15) is 9.57 Å². The fourth-order valence-electron chi connectivity index (χ4n) is 5.00. The predicted octanol–water partition coefficient (Wildman–Crippen LogP) is 5.50. The van der Waals surface area contributed by atoms with E-state index in [1.54, 1.807) is 42.5 Å². The average Bonchev–Trinajstić information content (AvgIpc) is 3.35. The number of aliphatic imine (C=N–C) groups is 1. The Morgan fingerprint density at radius 2 is 1.92 bits per heavy atom. The number of fused-ring (bicyclic) bond motifs is 1. The zero-order valence-corrected chi connectivity index (χ0v) is 23.3. The van der Waals surface area contributed by atoms with Crippen molar-refractivity contribution in [3.8, 4) is 11.8 Å². The van der Waals surface area contributed by atoms with Crippen LogP contribution in [0.4, 0.5) is 0 Å². The highest BCUT2D eigenvalue weighted by Crippen LogP contribution is 2.41. The van der Waals surface area contributed by atoms with E-state index >= 15 is 0 Å². The summed E-state index contributed by atoms with van der Waals surface area (Å²) in [5.41, 5.74) is 5.26. The van der Waals surface area contributed by atoms with Crippen LogP contribution in [0.25, 0.3) is 5.70 Å². The van der Waals surface area contributed by atoms with Crippen LogP contribution >= 0.6 is 0 Å². The van der Waals surface area contributed by atoms with E-state index in [9.17, 15) is 18.8 Å². The Labute approximate surface area is 230 Å². The van der Waals surface area contributed by atoms with Gasteiger partial charge in [-0.05, 0) is 80.6 Å². The van der Waals surface area contributed by atoms with Gasteiger partial charge in [-0.1, -0.05) is 43.0 Å². The van der Waals surface area contributed by atoms with Crippen molar-refractivity contribution in [2.45, 2.75) is 50.7 Å². The fraction of sp³-hybridized carbons (Fsp3) is 0.290. The Morgan fingerprint density at radius 3 is 2.59 bits per heavy atom. The molecule has 0 radical (unpaired) electrons. The molecule has 1 N–H and O–H groups in total. The zero-order valence-electron chi connectivity index (χ0n) is 22.5. The van der Waals surface area contributed by atoms with Gasteiger partial charge in [0.1, 0.15) is 11.8 Å². The molecule has 0 aromatic heterocycles. The number of rotatable bonds is 10. The molecule has 1 aliphatic rings. The minimum Gasteiger partial charge on any atom is -0.490 e. The van der Waals surface area contributed by atoms with Crippen LogP contribution in [0.1, 0.15) is 61.1 Å². The Hall–Kier alpha value is -3.77. The lowest BCUT2D eigenvalue weighted by molar-refractivity contribution is 0.225. The second kappa shape index (κ2) is 12.0. The van der Waals surface area contributed by atoms with Crippen molar-refractivity contribution < 1.29 is 18.3 Å². The minimum absolute atomic E-state index is 0.00150. The topological polar surface area (TPSA) is 103 Å². The normalized spacial score (nSPS) is 15.3. The highest BCUT2D eigenvalue weighted by molar-refractivity contribution is 7.89. The minimum atomic E-state index is -3.81. The maximum absolute atomic E-state index is 13.5. The van der Waals surface area contributed by atoms with Crippen molar-refractivity contribution >= 4 is 21.4 Å². The van der Waals surface area contributed by atoms with Crippen LogP contribution in [0.15, 0.2) is 83.2 Å². The molecule has 0 aliphatic heterocycles. The second-order valence-electron chi connectivity index (χ2n) is 9.71. The van der Waals surface area contributed by atoms with E-state index in [2.05, 4.69) is 12.6 Å². The first-order chi connectivity index (χ1) is 18.7. The van der Waals surface area contributed by atoms with Crippen molar-refractivity contribution in [2.24, 2.45) is 4.99 Å². The highest BCUT2D eigenvalue weighted by atomic mass is 32.2. The smallest absolute Gasteiger partial charge is 0.243 e. The number of hydrogen-bond acceptors (Lipinski definition) is 6. The molecule has 39 heavy (non-hydrogen) atoms. The van der Waals surface area contributed by atoms with E-state index in [1.807, 2.05) is 45.0 Å². The van der Waals surface area contributed by atoms with E-state index in [0.29, 0.717) is 35.6 Å². The molecule has 0 amide bonds. The van der Waals surface area contributed by atoms with Crippen LogP contribution < -0.4 is 4.74 Å². The van der Waals surface area contributed by atoms with Crippen LogP contribution in [-0.2, 0) is 16.4 Å². The summed E-state index contributed by atoms with van der Waals surface area (Å²) < 4.78 is 34.2. The first-order valence-electron chi connectivity index (χ1n) is 12.9.